The Morgan fingerprint density at radius 1 is 1.24 bits per heavy atom. The molecule has 1 saturated heterocycles. The predicted molar refractivity (Wildman–Crippen MR) is 72.3 cm³/mol. The quantitative estimate of drug-likeness (QED) is 0.727. The van der Waals surface area contributed by atoms with Crippen molar-refractivity contribution in [2.24, 2.45) is 0 Å². The summed E-state index contributed by atoms with van der Waals surface area (Å²) in [7, 11) is -1.71. The molecule has 0 spiro atoms. The fraction of sp³-hybridized carbons (Fsp3) is 0.923. The van der Waals surface area contributed by atoms with E-state index in [2.05, 4.69) is 40.8 Å². The van der Waals surface area contributed by atoms with Gasteiger partial charge in [-0.05, 0) is 38.9 Å². The summed E-state index contributed by atoms with van der Waals surface area (Å²) in [5.74, 6) is -0.534. The van der Waals surface area contributed by atoms with Crippen molar-refractivity contribution in [1.82, 2.24) is 0 Å². The zero-order valence-electron chi connectivity index (χ0n) is 12.3. The molecule has 1 heterocycles. The molecule has 17 heavy (non-hydrogen) atoms. The Hall–Kier alpha value is 0.0969. The van der Waals surface area contributed by atoms with E-state index in [1.54, 1.807) is 0 Å². The normalized spacial score (nSPS) is 29.6. The number of ether oxygens (including phenoxy) is 2. The highest BCUT2D eigenvalue weighted by atomic mass is 28.4. The van der Waals surface area contributed by atoms with Crippen LogP contribution < -0.4 is 0 Å². The van der Waals surface area contributed by atoms with Crippen LogP contribution in [0.2, 0.25) is 18.1 Å². The minimum atomic E-state index is -1.71. The number of hydrogen-bond acceptors (Lipinski definition) is 3. The van der Waals surface area contributed by atoms with Gasteiger partial charge < -0.3 is 13.9 Å². The molecule has 1 radical (unpaired) electrons. The summed E-state index contributed by atoms with van der Waals surface area (Å²) in [6.45, 7) is 19.6. The van der Waals surface area contributed by atoms with Crippen LogP contribution in [0, 0.1) is 6.92 Å². The van der Waals surface area contributed by atoms with Gasteiger partial charge in [-0.1, -0.05) is 20.8 Å². The molecule has 0 N–H and O–H groups in total. The van der Waals surface area contributed by atoms with Crippen molar-refractivity contribution in [3.8, 4) is 0 Å². The van der Waals surface area contributed by atoms with E-state index < -0.39 is 14.1 Å². The molecule has 0 amide bonds. The van der Waals surface area contributed by atoms with Crippen LogP contribution in [0.25, 0.3) is 0 Å². The lowest BCUT2D eigenvalue weighted by atomic mass is 10.2. The number of hydrogen-bond donors (Lipinski definition) is 0. The maximum atomic E-state index is 6.14. The van der Waals surface area contributed by atoms with Crippen LogP contribution in [-0.2, 0) is 13.9 Å². The molecular formula is C13H27O3Si. The molecule has 1 rings (SSSR count). The minimum absolute atomic E-state index is 0.0564. The van der Waals surface area contributed by atoms with Crippen LogP contribution in [0.4, 0.5) is 0 Å². The molecule has 0 unspecified atom stereocenters. The van der Waals surface area contributed by atoms with Crippen LogP contribution in [-0.4, -0.2) is 32.9 Å². The first-order valence-electron chi connectivity index (χ1n) is 6.27. The number of rotatable bonds is 3. The van der Waals surface area contributed by atoms with Crippen molar-refractivity contribution in [1.29, 1.82) is 0 Å². The van der Waals surface area contributed by atoms with E-state index in [1.165, 1.54) is 0 Å². The Kier molecular flexibility index (Phi) is 4.14. The van der Waals surface area contributed by atoms with E-state index in [0.29, 0.717) is 6.61 Å². The lowest BCUT2D eigenvalue weighted by molar-refractivity contribution is -0.146. The molecule has 101 valence electrons. The van der Waals surface area contributed by atoms with Gasteiger partial charge in [-0.15, -0.1) is 0 Å². The monoisotopic (exact) mass is 259 g/mol. The third-order valence-corrected chi connectivity index (χ3v) is 8.20. The van der Waals surface area contributed by atoms with Crippen molar-refractivity contribution in [2.75, 3.05) is 6.61 Å². The van der Waals surface area contributed by atoms with Crippen molar-refractivity contribution in [2.45, 2.75) is 70.7 Å². The van der Waals surface area contributed by atoms with Crippen LogP contribution in [0.1, 0.15) is 34.6 Å². The molecule has 4 heteroatoms. The van der Waals surface area contributed by atoms with E-state index in [4.69, 9.17) is 13.9 Å². The topological polar surface area (TPSA) is 27.7 Å². The molecule has 3 nitrogen and oxygen atoms in total. The summed E-state index contributed by atoms with van der Waals surface area (Å²) in [6, 6.07) is 0. The fourth-order valence-corrected chi connectivity index (χ4v) is 2.57. The van der Waals surface area contributed by atoms with Crippen molar-refractivity contribution < 1.29 is 13.9 Å². The van der Waals surface area contributed by atoms with Gasteiger partial charge in [-0.25, -0.2) is 0 Å². The summed E-state index contributed by atoms with van der Waals surface area (Å²) in [4.78, 5) is 0. The second-order valence-corrected chi connectivity index (χ2v) is 11.6. The molecule has 2 atom stereocenters. The first-order chi connectivity index (χ1) is 7.45. The van der Waals surface area contributed by atoms with E-state index in [1.807, 2.05) is 13.8 Å². The standard InChI is InChI=1S/C13H27O3Si/c1-10-11(16-13(5,6)15-10)9-14-17(7,8)12(2,3)4/h10-11H,1,9H2,2-8H3/t10-,11-/m0/s1. The molecule has 1 aliphatic heterocycles. The lowest BCUT2D eigenvalue weighted by Crippen LogP contribution is -2.43. The maximum absolute atomic E-state index is 6.14. The Morgan fingerprint density at radius 2 is 1.76 bits per heavy atom. The van der Waals surface area contributed by atoms with Gasteiger partial charge in [0.2, 0.25) is 0 Å². The molecule has 0 bridgehead atoms. The van der Waals surface area contributed by atoms with Crippen LogP contribution in [0.3, 0.4) is 0 Å². The summed E-state index contributed by atoms with van der Waals surface area (Å²) >= 11 is 0. The molecule has 0 aromatic carbocycles. The smallest absolute Gasteiger partial charge is 0.192 e. The molecule has 0 aliphatic carbocycles. The molecule has 1 fully saturated rings. The average molecular weight is 259 g/mol. The first kappa shape index (κ1) is 15.2. The van der Waals surface area contributed by atoms with Crippen molar-refractivity contribution in [3.05, 3.63) is 6.92 Å². The van der Waals surface area contributed by atoms with Gasteiger partial charge in [0.15, 0.2) is 14.1 Å². The zero-order valence-corrected chi connectivity index (χ0v) is 13.3. The SMILES string of the molecule is [CH2][C@@H]1OC(C)(C)O[C@H]1CO[Si](C)(C)C(C)(C)C. The summed E-state index contributed by atoms with van der Waals surface area (Å²) < 4.78 is 17.5. The van der Waals surface area contributed by atoms with Gasteiger partial charge in [0.1, 0.15) is 6.10 Å². The summed E-state index contributed by atoms with van der Waals surface area (Å²) in [6.07, 6.45) is -0.200. The second kappa shape index (κ2) is 4.65. The van der Waals surface area contributed by atoms with Crippen LogP contribution >= 0.6 is 0 Å². The average Bonchev–Trinajstić information content (AvgIpc) is 2.34. The molecular weight excluding hydrogens is 232 g/mol. The lowest BCUT2D eigenvalue weighted by Gasteiger charge is -2.37. The van der Waals surface area contributed by atoms with Gasteiger partial charge in [-0.3, -0.25) is 0 Å². The highest BCUT2D eigenvalue weighted by Crippen LogP contribution is 2.37. The minimum Gasteiger partial charge on any atom is -0.414 e. The Balaban J connectivity index is 2.52. The molecule has 1 aliphatic rings. The largest absolute Gasteiger partial charge is 0.414 e. The molecule has 0 aromatic heterocycles. The van der Waals surface area contributed by atoms with Gasteiger partial charge in [0, 0.05) is 0 Å². The zero-order chi connectivity index (χ0) is 13.5. The second-order valence-electron chi connectivity index (χ2n) is 6.78. The van der Waals surface area contributed by atoms with Crippen molar-refractivity contribution >= 4 is 8.32 Å². The third-order valence-electron chi connectivity index (χ3n) is 3.70. The van der Waals surface area contributed by atoms with Gasteiger partial charge in [-0.2, -0.15) is 0 Å². The Labute approximate surface area is 107 Å². The van der Waals surface area contributed by atoms with E-state index in [-0.39, 0.29) is 17.2 Å². The Morgan fingerprint density at radius 3 is 2.12 bits per heavy atom. The van der Waals surface area contributed by atoms with Gasteiger partial charge in [0.05, 0.1) is 12.7 Å². The van der Waals surface area contributed by atoms with E-state index >= 15 is 0 Å². The first-order valence-corrected chi connectivity index (χ1v) is 9.18. The summed E-state index contributed by atoms with van der Waals surface area (Å²) in [5, 5.41) is 0.221. The van der Waals surface area contributed by atoms with Crippen molar-refractivity contribution in [3.63, 3.8) is 0 Å². The summed E-state index contributed by atoms with van der Waals surface area (Å²) in [5.41, 5.74) is 0. The van der Waals surface area contributed by atoms with Gasteiger partial charge in [0.25, 0.3) is 0 Å². The predicted octanol–water partition coefficient (Wildman–Crippen LogP) is 3.36. The Bertz CT molecular complexity index is 268. The van der Waals surface area contributed by atoms with E-state index in [9.17, 15) is 0 Å². The highest BCUT2D eigenvalue weighted by Gasteiger charge is 2.42. The molecule has 0 saturated carbocycles. The third kappa shape index (κ3) is 3.78. The van der Waals surface area contributed by atoms with Gasteiger partial charge >= 0.3 is 0 Å². The fourth-order valence-electron chi connectivity index (χ4n) is 1.56. The van der Waals surface area contributed by atoms with Crippen LogP contribution in [0.5, 0.6) is 0 Å². The maximum Gasteiger partial charge on any atom is 0.192 e. The molecule has 0 aromatic rings. The van der Waals surface area contributed by atoms with E-state index in [0.717, 1.165) is 0 Å². The highest BCUT2D eigenvalue weighted by molar-refractivity contribution is 6.74. The van der Waals surface area contributed by atoms with Crippen LogP contribution in [0.15, 0.2) is 0 Å².